The molecule has 1 nitrogen and oxygen atoms in total. The van der Waals surface area contributed by atoms with Crippen molar-refractivity contribution in [2.24, 2.45) is 0 Å². The van der Waals surface area contributed by atoms with Gasteiger partial charge in [0.15, 0.2) is 0 Å². The van der Waals surface area contributed by atoms with Crippen molar-refractivity contribution in [2.45, 2.75) is 58.0 Å². The van der Waals surface area contributed by atoms with Crippen molar-refractivity contribution in [3.63, 3.8) is 0 Å². The molecule has 0 radical (unpaired) electrons. The molecule has 0 saturated carbocycles. The maximum absolute atomic E-state index is 5.53. The van der Waals surface area contributed by atoms with Crippen LogP contribution in [-0.2, 0) is 4.74 Å². The number of rotatable bonds is 11. The Hall–Kier alpha value is -0.560. The first-order valence-electron chi connectivity index (χ1n) is 6.21. The third-order valence-corrected chi connectivity index (χ3v) is 2.52. The lowest BCUT2D eigenvalue weighted by molar-refractivity contribution is 0.112. The van der Waals surface area contributed by atoms with Gasteiger partial charge in [-0.3, -0.25) is 0 Å². The maximum Gasteiger partial charge on any atom is 0.0932 e. The predicted molar refractivity (Wildman–Crippen MR) is 68.1 cm³/mol. The van der Waals surface area contributed by atoms with E-state index in [-0.39, 0.29) is 6.10 Å². The summed E-state index contributed by atoms with van der Waals surface area (Å²) in [5, 5.41) is 0. The van der Waals surface area contributed by atoms with E-state index in [0.29, 0.717) is 0 Å². The highest BCUT2D eigenvalue weighted by atomic mass is 16.5. The van der Waals surface area contributed by atoms with E-state index in [4.69, 9.17) is 4.74 Å². The maximum atomic E-state index is 5.53. The van der Waals surface area contributed by atoms with Crippen LogP contribution < -0.4 is 0 Å². The van der Waals surface area contributed by atoms with E-state index in [9.17, 15) is 0 Å². The minimum atomic E-state index is 0.0325. The molecule has 0 spiro atoms. The predicted octanol–water partition coefficient (Wildman–Crippen LogP) is 4.49. The normalized spacial score (nSPS) is 10.5. The lowest BCUT2D eigenvalue weighted by Crippen LogP contribution is -2.06. The Morgan fingerprint density at radius 2 is 1.47 bits per heavy atom. The van der Waals surface area contributed by atoms with E-state index in [1.54, 1.807) is 12.2 Å². The second-order valence-corrected chi connectivity index (χ2v) is 3.93. The lowest BCUT2D eigenvalue weighted by Gasteiger charge is -2.08. The summed E-state index contributed by atoms with van der Waals surface area (Å²) in [6, 6.07) is 0. The van der Waals surface area contributed by atoms with Crippen LogP contribution in [0.3, 0.4) is 0 Å². The van der Waals surface area contributed by atoms with Crippen molar-refractivity contribution >= 4 is 0 Å². The second kappa shape index (κ2) is 11.5. The minimum absolute atomic E-state index is 0.0325. The SMILES string of the molecule is C=CC(C=C)OCCCCCCCCC. The van der Waals surface area contributed by atoms with Crippen molar-refractivity contribution in [1.82, 2.24) is 0 Å². The van der Waals surface area contributed by atoms with Crippen molar-refractivity contribution in [3.05, 3.63) is 25.3 Å². The van der Waals surface area contributed by atoms with Gasteiger partial charge in [0, 0.05) is 6.61 Å². The Kier molecular flexibility index (Phi) is 11.1. The summed E-state index contributed by atoms with van der Waals surface area (Å²) in [5.41, 5.74) is 0. The van der Waals surface area contributed by atoms with Gasteiger partial charge in [-0.25, -0.2) is 0 Å². The molecule has 0 aromatic rings. The van der Waals surface area contributed by atoms with Gasteiger partial charge >= 0.3 is 0 Å². The zero-order valence-corrected chi connectivity index (χ0v) is 10.2. The summed E-state index contributed by atoms with van der Waals surface area (Å²) in [6.45, 7) is 10.4. The van der Waals surface area contributed by atoms with Crippen LogP contribution in [0.2, 0.25) is 0 Å². The summed E-state index contributed by atoms with van der Waals surface area (Å²) in [6.07, 6.45) is 12.9. The van der Waals surface area contributed by atoms with Gasteiger partial charge in [0.1, 0.15) is 0 Å². The summed E-state index contributed by atoms with van der Waals surface area (Å²) in [7, 11) is 0. The third-order valence-electron chi connectivity index (χ3n) is 2.52. The molecular formula is C14H26O. The molecule has 0 amide bonds. The van der Waals surface area contributed by atoms with Crippen molar-refractivity contribution in [2.75, 3.05) is 6.61 Å². The molecule has 0 aromatic heterocycles. The Balaban J connectivity index is 3.10. The monoisotopic (exact) mass is 210 g/mol. The van der Waals surface area contributed by atoms with Crippen molar-refractivity contribution in [1.29, 1.82) is 0 Å². The Morgan fingerprint density at radius 1 is 0.933 bits per heavy atom. The molecule has 0 N–H and O–H groups in total. The Morgan fingerprint density at radius 3 is 2.00 bits per heavy atom. The first-order valence-corrected chi connectivity index (χ1v) is 6.21. The van der Waals surface area contributed by atoms with E-state index < -0.39 is 0 Å². The van der Waals surface area contributed by atoms with Crippen LogP contribution in [0.1, 0.15) is 51.9 Å². The fourth-order valence-electron chi connectivity index (χ4n) is 1.51. The molecule has 0 bridgehead atoms. The van der Waals surface area contributed by atoms with Crippen LogP contribution in [0.5, 0.6) is 0 Å². The quantitative estimate of drug-likeness (QED) is 0.360. The van der Waals surface area contributed by atoms with Gasteiger partial charge in [0.25, 0.3) is 0 Å². The van der Waals surface area contributed by atoms with Gasteiger partial charge in [-0.15, -0.1) is 13.2 Å². The zero-order valence-electron chi connectivity index (χ0n) is 10.2. The Bertz CT molecular complexity index is 143. The summed E-state index contributed by atoms with van der Waals surface area (Å²) in [5.74, 6) is 0. The van der Waals surface area contributed by atoms with E-state index in [2.05, 4.69) is 20.1 Å². The largest absolute Gasteiger partial charge is 0.370 e. The van der Waals surface area contributed by atoms with Crippen molar-refractivity contribution < 1.29 is 4.74 Å². The highest BCUT2D eigenvalue weighted by molar-refractivity contribution is 4.93. The van der Waals surface area contributed by atoms with Crippen LogP contribution in [0.25, 0.3) is 0 Å². The minimum Gasteiger partial charge on any atom is -0.370 e. The standard InChI is InChI=1S/C14H26O/c1-4-7-8-9-10-11-12-13-15-14(5-2)6-3/h5-6,14H,2-4,7-13H2,1H3. The summed E-state index contributed by atoms with van der Waals surface area (Å²) < 4.78 is 5.53. The van der Waals surface area contributed by atoms with E-state index in [1.165, 1.54) is 38.5 Å². The molecule has 0 rings (SSSR count). The number of unbranched alkanes of at least 4 members (excludes halogenated alkanes) is 6. The van der Waals surface area contributed by atoms with Crippen LogP contribution in [-0.4, -0.2) is 12.7 Å². The Labute approximate surface area is 95.2 Å². The van der Waals surface area contributed by atoms with Crippen molar-refractivity contribution in [3.8, 4) is 0 Å². The first-order chi connectivity index (χ1) is 7.35. The molecule has 0 atom stereocenters. The fraction of sp³-hybridized carbons (Fsp3) is 0.714. The average Bonchev–Trinajstić information content (AvgIpc) is 2.27. The van der Waals surface area contributed by atoms with Gasteiger partial charge in [-0.1, -0.05) is 57.6 Å². The number of ether oxygens (including phenoxy) is 1. The third kappa shape index (κ3) is 9.74. The highest BCUT2D eigenvalue weighted by Crippen LogP contribution is 2.07. The van der Waals surface area contributed by atoms with Crippen LogP contribution in [0, 0.1) is 0 Å². The molecule has 0 fully saturated rings. The first kappa shape index (κ1) is 14.4. The van der Waals surface area contributed by atoms with Gasteiger partial charge in [-0.2, -0.15) is 0 Å². The number of hydrogen-bond donors (Lipinski definition) is 0. The molecule has 0 aliphatic heterocycles. The molecular weight excluding hydrogens is 184 g/mol. The molecule has 15 heavy (non-hydrogen) atoms. The zero-order chi connectivity index (χ0) is 11.4. The topological polar surface area (TPSA) is 9.23 Å². The molecule has 0 aliphatic rings. The van der Waals surface area contributed by atoms with Gasteiger partial charge < -0.3 is 4.74 Å². The molecule has 0 aromatic carbocycles. The highest BCUT2D eigenvalue weighted by Gasteiger charge is 1.97. The smallest absolute Gasteiger partial charge is 0.0932 e. The van der Waals surface area contributed by atoms with E-state index in [1.807, 2.05) is 0 Å². The van der Waals surface area contributed by atoms with Crippen LogP contribution in [0.15, 0.2) is 25.3 Å². The van der Waals surface area contributed by atoms with Gasteiger partial charge in [0.05, 0.1) is 6.10 Å². The lowest BCUT2D eigenvalue weighted by atomic mass is 10.1. The molecule has 0 aliphatic carbocycles. The van der Waals surface area contributed by atoms with Crippen LogP contribution in [0.4, 0.5) is 0 Å². The fourth-order valence-corrected chi connectivity index (χ4v) is 1.51. The van der Waals surface area contributed by atoms with Gasteiger partial charge in [-0.05, 0) is 6.42 Å². The molecule has 0 heterocycles. The van der Waals surface area contributed by atoms with E-state index in [0.717, 1.165) is 13.0 Å². The summed E-state index contributed by atoms with van der Waals surface area (Å²) >= 11 is 0. The molecule has 0 saturated heterocycles. The van der Waals surface area contributed by atoms with E-state index >= 15 is 0 Å². The van der Waals surface area contributed by atoms with Crippen LogP contribution >= 0.6 is 0 Å². The molecule has 1 heteroatoms. The number of hydrogen-bond acceptors (Lipinski definition) is 1. The van der Waals surface area contributed by atoms with Gasteiger partial charge in [0.2, 0.25) is 0 Å². The summed E-state index contributed by atoms with van der Waals surface area (Å²) in [4.78, 5) is 0. The second-order valence-electron chi connectivity index (χ2n) is 3.93. The molecule has 0 unspecified atom stereocenters. The average molecular weight is 210 g/mol. The molecule has 88 valence electrons.